The molecule has 1 saturated heterocycles. The Labute approximate surface area is 191 Å². The predicted octanol–water partition coefficient (Wildman–Crippen LogP) is 3.08. The molecule has 3 aromatic rings. The van der Waals surface area contributed by atoms with Crippen molar-refractivity contribution >= 4 is 17.9 Å². The van der Waals surface area contributed by atoms with Crippen molar-refractivity contribution in [3.8, 4) is 16.9 Å². The Morgan fingerprint density at radius 3 is 2.58 bits per heavy atom. The summed E-state index contributed by atoms with van der Waals surface area (Å²) in [4.78, 5) is 26.7. The number of piperidine rings is 1. The van der Waals surface area contributed by atoms with E-state index in [1.807, 2.05) is 48.9 Å². The average Bonchev–Trinajstić information content (AvgIpc) is 3.33. The number of aromatic nitrogens is 3. The van der Waals surface area contributed by atoms with E-state index in [0.29, 0.717) is 49.5 Å². The summed E-state index contributed by atoms with van der Waals surface area (Å²) in [5.41, 5.74) is 9.72. The number of benzene rings is 1. The third kappa shape index (κ3) is 4.41. The summed E-state index contributed by atoms with van der Waals surface area (Å²) < 4.78 is 12.1. The molecule has 1 fully saturated rings. The van der Waals surface area contributed by atoms with Gasteiger partial charge >= 0.3 is 6.09 Å². The summed E-state index contributed by atoms with van der Waals surface area (Å²) in [7, 11) is 0. The maximum Gasteiger partial charge on any atom is 0.409 e. The molecule has 0 unspecified atom stereocenters. The molecular weight excluding hydrogens is 424 g/mol. The second kappa shape index (κ2) is 9.35. The standard InChI is InChI=1S/C23H28N6O4/c1-4-32-23(31)28-12-10-16(11-13-28)25-22(30)19-20(27-33-21(19)24)18-14(2)26-29(15(18)3)17-8-6-5-7-9-17/h5-9,16H,4,10-13,24H2,1-3H3,(H,25,30). The first-order valence-corrected chi connectivity index (χ1v) is 11.0. The molecule has 33 heavy (non-hydrogen) atoms. The molecule has 0 bridgehead atoms. The first kappa shape index (κ1) is 22.4. The van der Waals surface area contributed by atoms with Crippen LogP contribution in [-0.4, -0.2) is 57.6 Å². The second-order valence-corrected chi connectivity index (χ2v) is 8.00. The Hall–Kier alpha value is -3.82. The van der Waals surface area contributed by atoms with E-state index in [9.17, 15) is 9.59 Å². The molecule has 3 heterocycles. The molecule has 0 aliphatic carbocycles. The number of nitrogen functional groups attached to an aromatic ring is 1. The second-order valence-electron chi connectivity index (χ2n) is 8.00. The number of nitrogens with zero attached hydrogens (tertiary/aromatic N) is 4. The number of amides is 2. The number of nitrogens with one attached hydrogen (secondary N) is 1. The Morgan fingerprint density at radius 2 is 1.91 bits per heavy atom. The highest BCUT2D eigenvalue weighted by atomic mass is 16.6. The van der Waals surface area contributed by atoms with Crippen LogP contribution in [-0.2, 0) is 4.74 Å². The number of carbonyl (C=O) groups is 2. The molecule has 2 aromatic heterocycles. The summed E-state index contributed by atoms with van der Waals surface area (Å²) in [6, 6.07) is 9.62. The van der Waals surface area contributed by atoms with Crippen molar-refractivity contribution in [2.75, 3.05) is 25.4 Å². The lowest BCUT2D eigenvalue weighted by molar-refractivity contribution is 0.0861. The van der Waals surface area contributed by atoms with Crippen LogP contribution in [0, 0.1) is 13.8 Å². The fourth-order valence-electron chi connectivity index (χ4n) is 4.18. The van der Waals surface area contributed by atoms with Crippen LogP contribution in [0.5, 0.6) is 0 Å². The van der Waals surface area contributed by atoms with Crippen LogP contribution in [0.2, 0.25) is 0 Å². The highest BCUT2D eigenvalue weighted by molar-refractivity contribution is 6.04. The highest BCUT2D eigenvalue weighted by Gasteiger charge is 2.30. The van der Waals surface area contributed by atoms with Crippen molar-refractivity contribution in [3.05, 3.63) is 47.3 Å². The zero-order valence-electron chi connectivity index (χ0n) is 19.0. The largest absolute Gasteiger partial charge is 0.450 e. The third-order valence-corrected chi connectivity index (χ3v) is 5.83. The molecule has 174 valence electrons. The lowest BCUT2D eigenvalue weighted by Crippen LogP contribution is -2.46. The van der Waals surface area contributed by atoms with Crippen molar-refractivity contribution in [3.63, 3.8) is 0 Å². The topological polar surface area (TPSA) is 129 Å². The quantitative estimate of drug-likeness (QED) is 0.609. The molecule has 2 amide bonds. The molecular formula is C23H28N6O4. The van der Waals surface area contributed by atoms with Gasteiger partial charge in [0.05, 0.1) is 23.7 Å². The van der Waals surface area contributed by atoms with Crippen molar-refractivity contribution in [2.24, 2.45) is 0 Å². The third-order valence-electron chi connectivity index (χ3n) is 5.83. The lowest BCUT2D eigenvalue weighted by Gasteiger charge is -2.31. The van der Waals surface area contributed by atoms with Gasteiger partial charge in [0, 0.05) is 24.7 Å². The van der Waals surface area contributed by atoms with Crippen LogP contribution in [0.25, 0.3) is 16.9 Å². The van der Waals surface area contributed by atoms with Gasteiger partial charge in [0.2, 0.25) is 5.88 Å². The Kier molecular flexibility index (Phi) is 6.34. The van der Waals surface area contributed by atoms with Crippen molar-refractivity contribution in [1.82, 2.24) is 25.2 Å². The summed E-state index contributed by atoms with van der Waals surface area (Å²) in [5, 5.41) is 11.8. The average molecular weight is 453 g/mol. The van der Waals surface area contributed by atoms with E-state index < -0.39 is 0 Å². The molecule has 10 nitrogen and oxygen atoms in total. The maximum absolute atomic E-state index is 13.2. The van der Waals surface area contributed by atoms with Gasteiger partial charge < -0.3 is 25.2 Å². The minimum Gasteiger partial charge on any atom is -0.450 e. The minimum atomic E-state index is -0.357. The van der Waals surface area contributed by atoms with E-state index >= 15 is 0 Å². The zero-order valence-corrected chi connectivity index (χ0v) is 19.0. The van der Waals surface area contributed by atoms with Crippen LogP contribution >= 0.6 is 0 Å². The van der Waals surface area contributed by atoms with Crippen LogP contribution < -0.4 is 11.1 Å². The first-order chi connectivity index (χ1) is 15.9. The molecule has 0 saturated carbocycles. The normalized spacial score (nSPS) is 14.3. The van der Waals surface area contributed by atoms with Crippen LogP contribution in [0.15, 0.2) is 34.9 Å². The van der Waals surface area contributed by atoms with E-state index in [1.165, 1.54) is 0 Å². The fraction of sp³-hybridized carbons (Fsp3) is 0.391. The zero-order chi connectivity index (χ0) is 23.5. The van der Waals surface area contributed by atoms with Gasteiger partial charge in [-0.15, -0.1) is 0 Å². The van der Waals surface area contributed by atoms with Gasteiger partial charge in [-0.05, 0) is 45.7 Å². The number of rotatable bonds is 5. The number of nitrogens with two attached hydrogens (primary N) is 1. The fourth-order valence-corrected chi connectivity index (χ4v) is 4.18. The Balaban J connectivity index is 1.54. The first-order valence-electron chi connectivity index (χ1n) is 11.0. The molecule has 10 heteroatoms. The predicted molar refractivity (Wildman–Crippen MR) is 122 cm³/mol. The molecule has 0 spiro atoms. The summed E-state index contributed by atoms with van der Waals surface area (Å²) in [6.45, 7) is 6.92. The Morgan fingerprint density at radius 1 is 1.21 bits per heavy atom. The van der Waals surface area contributed by atoms with Crippen LogP contribution in [0.3, 0.4) is 0 Å². The number of likely N-dealkylation sites (tertiary alicyclic amines) is 1. The van der Waals surface area contributed by atoms with E-state index in [2.05, 4.69) is 15.6 Å². The van der Waals surface area contributed by atoms with Crippen LogP contribution in [0.4, 0.5) is 10.7 Å². The van der Waals surface area contributed by atoms with Gasteiger partial charge in [0.1, 0.15) is 11.3 Å². The molecule has 3 N–H and O–H groups in total. The van der Waals surface area contributed by atoms with Gasteiger partial charge in [0.15, 0.2) is 0 Å². The SMILES string of the molecule is CCOC(=O)N1CCC(NC(=O)c2c(-c3c(C)nn(-c4ccccc4)c3C)noc2N)CC1. The van der Waals surface area contributed by atoms with E-state index in [1.54, 1.807) is 11.8 Å². The summed E-state index contributed by atoms with van der Waals surface area (Å²) >= 11 is 0. The molecule has 1 aliphatic rings. The number of anilines is 1. The highest BCUT2D eigenvalue weighted by Crippen LogP contribution is 2.33. The molecule has 4 rings (SSSR count). The van der Waals surface area contributed by atoms with Gasteiger partial charge in [-0.1, -0.05) is 23.4 Å². The number of carbonyl (C=O) groups excluding carboxylic acids is 2. The lowest BCUT2D eigenvalue weighted by atomic mass is 10.0. The number of ether oxygens (including phenoxy) is 1. The van der Waals surface area contributed by atoms with E-state index in [0.717, 1.165) is 11.4 Å². The van der Waals surface area contributed by atoms with Crippen molar-refractivity contribution < 1.29 is 18.8 Å². The smallest absolute Gasteiger partial charge is 0.409 e. The molecule has 1 aliphatic heterocycles. The van der Waals surface area contributed by atoms with E-state index in [4.69, 9.17) is 15.0 Å². The monoisotopic (exact) mass is 452 g/mol. The molecule has 0 atom stereocenters. The minimum absolute atomic E-state index is 0.0438. The summed E-state index contributed by atoms with van der Waals surface area (Å²) in [5.74, 6) is -0.401. The van der Waals surface area contributed by atoms with E-state index in [-0.39, 0.29) is 29.5 Å². The van der Waals surface area contributed by atoms with Gasteiger partial charge in [-0.3, -0.25) is 4.79 Å². The molecule has 1 aromatic carbocycles. The van der Waals surface area contributed by atoms with Crippen molar-refractivity contribution in [2.45, 2.75) is 39.7 Å². The number of para-hydroxylation sites is 1. The Bertz CT molecular complexity index is 1150. The number of hydrogen-bond acceptors (Lipinski definition) is 7. The molecule has 0 radical (unpaired) electrons. The van der Waals surface area contributed by atoms with Gasteiger partial charge in [-0.25, -0.2) is 9.48 Å². The van der Waals surface area contributed by atoms with Crippen LogP contribution in [0.1, 0.15) is 41.5 Å². The summed E-state index contributed by atoms with van der Waals surface area (Å²) in [6.07, 6.45) is 0.915. The van der Waals surface area contributed by atoms with Crippen molar-refractivity contribution in [1.29, 1.82) is 0 Å². The van der Waals surface area contributed by atoms with Gasteiger partial charge in [0.25, 0.3) is 5.91 Å². The number of aryl methyl sites for hydroxylation is 1. The number of hydrogen-bond donors (Lipinski definition) is 2. The maximum atomic E-state index is 13.2. The van der Waals surface area contributed by atoms with Gasteiger partial charge in [-0.2, -0.15) is 5.10 Å².